The summed E-state index contributed by atoms with van der Waals surface area (Å²) in [7, 11) is 0. The second-order valence-electron chi connectivity index (χ2n) is 5.12. The fourth-order valence-corrected chi connectivity index (χ4v) is 2.61. The second kappa shape index (κ2) is 5.98. The van der Waals surface area contributed by atoms with Gasteiger partial charge in [-0.05, 0) is 29.9 Å². The highest BCUT2D eigenvalue weighted by Gasteiger charge is 2.26. The second-order valence-corrected chi connectivity index (χ2v) is 5.97. The first kappa shape index (κ1) is 13.1. The fraction of sp³-hybridized carbons (Fsp3) is 0.571. The molecule has 1 aromatic rings. The third-order valence-electron chi connectivity index (χ3n) is 3.52. The van der Waals surface area contributed by atoms with Crippen molar-refractivity contribution in [2.24, 2.45) is 5.41 Å². The molecule has 3 heteroatoms. The smallest absolute Gasteiger partial charge is 0.0471 e. The number of hydrogen-bond donors (Lipinski definition) is 1. The van der Waals surface area contributed by atoms with E-state index in [0.29, 0.717) is 5.41 Å². The van der Waals surface area contributed by atoms with E-state index in [-0.39, 0.29) is 0 Å². The van der Waals surface area contributed by atoms with E-state index >= 15 is 0 Å². The lowest BCUT2D eigenvalue weighted by Gasteiger charge is -2.33. The molecule has 1 N–H and O–H groups in total. The Hall–Kier alpha value is -0.380. The minimum Gasteiger partial charge on any atom is -0.381 e. The van der Waals surface area contributed by atoms with Crippen LogP contribution in [-0.2, 0) is 11.3 Å². The summed E-state index contributed by atoms with van der Waals surface area (Å²) in [4.78, 5) is 0. The molecule has 0 amide bonds. The first-order valence-corrected chi connectivity index (χ1v) is 7.01. The molecule has 1 saturated heterocycles. The Morgan fingerprint density at radius 2 is 2.00 bits per heavy atom. The van der Waals surface area contributed by atoms with Crippen molar-refractivity contribution in [2.75, 3.05) is 19.8 Å². The van der Waals surface area contributed by atoms with Crippen molar-refractivity contribution in [3.63, 3.8) is 0 Å². The molecule has 0 radical (unpaired) electrons. The van der Waals surface area contributed by atoms with Crippen LogP contribution in [0.5, 0.6) is 0 Å². The van der Waals surface area contributed by atoms with Gasteiger partial charge in [0.15, 0.2) is 0 Å². The Morgan fingerprint density at radius 3 is 2.71 bits per heavy atom. The van der Waals surface area contributed by atoms with Gasteiger partial charge in [-0.15, -0.1) is 0 Å². The van der Waals surface area contributed by atoms with E-state index in [0.717, 1.165) is 39.1 Å². The van der Waals surface area contributed by atoms with Gasteiger partial charge in [-0.3, -0.25) is 0 Å². The van der Waals surface area contributed by atoms with Gasteiger partial charge in [-0.1, -0.05) is 41.1 Å². The minimum atomic E-state index is 0.402. The molecule has 0 spiro atoms. The van der Waals surface area contributed by atoms with Crippen molar-refractivity contribution in [3.05, 3.63) is 34.3 Å². The van der Waals surface area contributed by atoms with Crippen molar-refractivity contribution in [1.29, 1.82) is 0 Å². The van der Waals surface area contributed by atoms with Crippen LogP contribution in [0.2, 0.25) is 0 Å². The Bertz CT molecular complexity index is 361. The van der Waals surface area contributed by atoms with Gasteiger partial charge in [-0.2, -0.15) is 0 Å². The number of ether oxygens (including phenoxy) is 1. The van der Waals surface area contributed by atoms with Crippen molar-refractivity contribution in [1.82, 2.24) is 5.32 Å². The lowest BCUT2D eigenvalue weighted by atomic mass is 9.82. The van der Waals surface area contributed by atoms with Crippen LogP contribution in [0, 0.1) is 5.41 Å². The normalized spacial score (nSPS) is 19.2. The lowest BCUT2D eigenvalue weighted by molar-refractivity contribution is 0.0240. The molecule has 0 bridgehead atoms. The van der Waals surface area contributed by atoms with Gasteiger partial charge < -0.3 is 10.1 Å². The van der Waals surface area contributed by atoms with E-state index in [1.54, 1.807) is 0 Å². The maximum Gasteiger partial charge on any atom is 0.0471 e. The lowest BCUT2D eigenvalue weighted by Crippen LogP contribution is -2.36. The molecule has 0 aromatic heterocycles. The number of hydrogen-bond acceptors (Lipinski definition) is 2. The van der Waals surface area contributed by atoms with Crippen LogP contribution in [-0.4, -0.2) is 19.8 Å². The highest BCUT2D eigenvalue weighted by atomic mass is 79.9. The molecule has 2 rings (SSSR count). The Morgan fingerprint density at radius 1 is 1.29 bits per heavy atom. The SMILES string of the molecule is CC1(CNCc2ccccc2Br)CCOCC1. The maximum atomic E-state index is 5.41. The molecule has 0 saturated carbocycles. The topological polar surface area (TPSA) is 21.3 Å². The van der Waals surface area contributed by atoms with Gasteiger partial charge in [-0.25, -0.2) is 0 Å². The Balaban J connectivity index is 1.81. The number of nitrogens with one attached hydrogen (secondary N) is 1. The predicted molar refractivity (Wildman–Crippen MR) is 74.0 cm³/mol. The van der Waals surface area contributed by atoms with E-state index < -0.39 is 0 Å². The molecule has 1 aliphatic heterocycles. The molecule has 1 aliphatic rings. The summed E-state index contributed by atoms with van der Waals surface area (Å²) in [6.07, 6.45) is 2.33. The standard InChI is InChI=1S/C14H20BrNO/c1-14(6-8-17-9-7-14)11-16-10-12-4-2-3-5-13(12)15/h2-5,16H,6-11H2,1H3. The van der Waals surface area contributed by atoms with Crippen LogP contribution in [0.4, 0.5) is 0 Å². The Kier molecular flexibility index (Phi) is 4.60. The molecule has 2 nitrogen and oxygen atoms in total. The zero-order chi connectivity index (χ0) is 12.1. The van der Waals surface area contributed by atoms with Crippen molar-refractivity contribution >= 4 is 15.9 Å². The van der Waals surface area contributed by atoms with Crippen LogP contribution in [0.25, 0.3) is 0 Å². The molecule has 1 aromatic carbocycles. The number of rotatable bonds is 4. The summed E-state index contributed by atoms with van der Waals surface area (Å²) < 4.78 is 6.60. The number of halogens is 1. The van der Waals surface area contributed by atoms with E-state index in [9.17, 15) is 0 Å². The zero-order valence-corrected chi connectivity index (χ0v) is 11.9. The number of benzene rings is 1. The molecule has 1 heterocycles. The first-order chi connectivity index (χ1) is 8.20. The molecule has 1 fully saturated rings. The molecule has 0 atom stereocenters. The quantitative estimate of drug-likeness (QED) is 0.920. The fourth-order valence-electron chi connectivity index (χ4n) is 2.18. The highest BCUT2D eigenvalue weighted by molar-refractivity contribution is 9.10. The van der Waals surface area contributed by atoms with E-state index in [4.69, 9.17) is 4.74 Å². The monoisotopic (exact) mass is 297 g/mol. The summed E-state index contributed by atoms with van der Waals surface area (Å²) in [5.74, 6) is 0. The minimum absolute atomic E-state index is 0.402. The molecule has 94 valence electrons. The van der Waals surface area contributed by atoms with E-state index in [2.05, 4.69) is 46.4 Å². The zero-order valence-electron chi connectivity index (χ0n) is 10.3. The summed E-state index contributed by atoms with van der Waals surface area (Å²) in [6.45, 7) is 6.17. The first-order valence-electron chi connectivity index (χ1n) is 6.22. The summed E-state index contributed by atoms with van der Waals surface area (Å²) >= 11 is 3.58. The predicted octanol–water partition coefficient (Wildman–Crippen LogP) is 3.36. The molecule has 17 heavy (non-hydrogen) atoms. The van der Waals surface area contributed by atoms with Crippen molar-refractivity contribution in [3.8, 4) is 0 Å². The maximum absolute atomic E-state index is 5.41. The largest absolute Gasteiger partial charge is 0.381 e. The van der Waals surface area contributed by atoms with Gasteiger partial charge in [0, 0.05) is 30.8 Å². The average Bonchev–Trinajstić information content (AvgIpc) is 2.32. The summed E-state index contributed by atoms with van der Waals surface area (Å²) in [5.41, 5.74) is 1.72. The molecule has 0 unspecified atom stereocenters. The van der Waals surface area contributed by atoms with Gasteiger partial charge in [0.25, 0.3) is 0 Å². The van der Waals surface area contributed by atoms with Crippen molar-refractivity contribution < 1.29 is 4.74 Å². The highest BCUT2D eigenvalue weighted by Crippen LogP contribution is 2.28. The van der Waals surface area contributed by atoms with Crippen LogP contribution >= 0.6 is 15.9 Å². The molecular weight excluding hydrogens is 278 g/mol. The third kappa shape index (κ3) is 3.80. The summed E-state index contributed by atoms with van der Waals surface area (Å²) in [5, 5.41) is 3.57. The van der Waals surface area contributed by atoms with E-state index in [1.165, 1.54) is 10.0 Å². The van der Waals surface area contributed by atoms with Gasteiger partial charge >= 0.3 is 0 Å². The van der Waals surface area contributed by atoms with Gasteiger partial charge in [0.1, 0.15) is 0 Å². The van der Waals surface area contributed by atoms with Crippen LogP contribution in [0.3, 0.4) is 0 Å². The van der Waals surface area contributed by atoms with Gasteiger partial charge in [0.05, 0.1) is 0 Å². The van der Waals surface area contributed by atoms with Crippen LogP contribution < -0.4 is 5.32 Å². The van der Waals surface area contributed by atoms with E-state index in [1.807, 2.05) is 6.07 Å². The Labute approximate surface area is 112 Å². The van der Waals surface area contributed by atoms with Gasteiger partial charge in [0.2, 0.25) is 0 Å². The van der Waals surface area contributed by atoms with Crippen molar-refractivity contribution in [2.45, 2.75) is 26.3 Å². The third-order valence-corrected chi connectivity index (χ3v) is 4.30. The van der Waals surface area contributed by atoms with Crippen LogP contribution in [0.15, 0.2) is 28.7 Å². The molecular formula is C14H20BrNO. The van der Waals surface area contributed by atoms with Crippen LogP contribution in [0.1, 0.15) is 25.3 Å². The molecule has 0 aliphatic carbocycles. The average molecular weight is 298 g/mol. The summed E-state index contributed by atoms with van der Waals surface area (Å²) in [6, 6.07) is 8.38.